The van der Waals surface area contributed by atoms with E-state index in [9.17, 15) is 4.79 Å². The minimum Gasteiger partial charge on any atom is -0.497 e. The molecule has 1 atom stereocenters. The van der Waals surface area contributed by atoms with Gasteiger partial charge in [-0.15, -0.1) is 0 Å². The number of furan rings is 1. The van der Waals surface area contributed by atoms with Gasteiger partial charge >= 0.3 is 0 Å². The molecule has 0 radical (unpaired) electrons. The van der Waals surface area contributed by atoms with Crippen molar-refractivity contribution in [3.05, 3.63) is 64.9 Å². The summed E-state index contributed by atoms with van der Waals surface area (Å²) in [5.41, 5.74) is 4.11. The zero-order chi connectivity index (χ0) is 21.8. The molecule has 2 heterocycles. The summed E-state index contributed by atoms with van der Waals surface area (Å²) in [4.78, 5) is 15.5. The second-order valence-corrected chi connectivity index (χ2v) is 8.34. The standard InChI is InChI=1S/C26H32N2O3/c1-4-19-8-13-24-22(16-19)18(2)25(31-24)26(29)27-17-23(28-14-6-5-7-15-28)20-9-11-21(30-3)12-10-20/h8-13,16,23H,4-7,14-15,17H2,1-3H3,(H,27,29). The van der Waals surface area contributed by atoms with Gasteiger partial charge in [0.25, 0.3) is 5.91 Å². The summed E-state index contributed by atoms with van der Waals surface area (Å²) in [6, 6.07) is 14.5. The number of hydrogen-bond acceptors (Lipinski definition) is 4. The third kappa shape index (κ3) is 4.62. The molecule has 1 aliphatic rings. The molecule has 0 saturated carbocycles. The van der Waals surface area contributed by atoms with Crippen LogP contribution in [0.1, 0.15) is 59.5 Å². The van der Waals surface area contributed by atoms with Crippen molar-refractivity contribution in [1.82, 2.24) is 10.2 Å². The molecule has 1 saturated heterocycles. The van der Waals surface area contributed by atoms with Gasteiger partial charge in [0.15, 0.2) is 5.76 Å². The van der Waals surface area contributed by atoms with Gasteiger partial charge in [-0.25, -0.2) is 0 Å². The summed E-state index contributed by atoms with van der Waals surface area (Å²) in [6.45, 7) is 6.74. The normalized spacial score (nSPS) is 15.7. The maximum absolute atomic E-state index is 13.1. The Morgan fingerprint density at radius 3 is 2.55 bits per heavy atom. The number of nitrogens with zero attached hydrogens (tertiary/aromatic N) is 1. The number of piperidine rings is 1. The van der Waals surface area contributed by atoms with Crippen LogP contribution in [0.4, 0.5) is 0 Å². The lowest BCUT2D eigenvalue weighted by molar-refractivity contribution is 0.0898. The summed E-state index contributed by atoms with van der Waals surface area (Å²) < 4.78 is 11.2. The third-order valence-corrected chi connectivity index (χ3v) is 6.40. The van der Waals surface area contributed by atoms with Gasteiger partial charge in [0.05, 0.1) is 13.2 Å². The van der Waals surface area contributed by atoms with E-state index >= 15 is 0 Å². The predicted molar refractivity (Wildman–Crippen MR) is 124 cm³/mol. The minimum atomic E-state index is -0.151. The van der Waals surface area contributed by atoms with Gasteiger partial charge in [0.1, 0.15) is 11.3 Å². The number of nitrogens with one attached hydrogen (secondary N) is 1. The van der Waals surface area contributed by atoms with Crippen molar-refractivity contribution >= 4 is 16.9 Å². The van der Waals surface area contributed by atoms with Gasteiger partial charge in [-0.1, -0.05) is 31.5 Å². The molecule has 164 valence electrons. The monoisotopic (exact) mass is 420 g/mol. The van der Waals surface area contributed by atoms with Crippen LogP contribution in [0.25, 0.3) is 11.0 Å². The highest BCUT2D eigenvalue weighted by Crippen LogP contribution is 2.28. The minimum absolute atomic E-state index is 0.131. The van der Waals surface area contributed by atoms with E-state index in [0.29, 0.717) is 12.3 Å². The number of carbonyl (C=O) groups excluding carboxylic acids is 1. The van der Waals surface area contributed by atoms with Crippen LogP contribution in [-0.4, -0.2) is 37.6 Å². The maximum Gasteiger partial charge on any atom is 0.287 e. The van der Waals surface area contributed by atoms with Crippen LogP contribution in [0.3, 0.4) is 0 Å². The second-order valence-electron chi connectivity index (χ2n) is 8.34. The number of rotatable bonds is 7. The number of methoxy groups -OCH3 is 1. The fourth-order valence-corrected chi connectivity index (χ4v) is 4.49. The molecular formula is C26H32N2O3. The molecular weight excluding hydrogens is 388 g/mol. The predicted octanol–water partition coefficient (Wildman–Crippen LogP) is 5.27. The first-order chi connectivity index (χ1) is 15.1. The maximum atomic E-state index is 13.1. The first-order valence-corrected chi connectivity index (χ1v) is 11.3. The van der Waals surface area contributed by atoms with E-state index < -0.39 is 0 Å². The largest absolute Gasteiger partial charge is 0.497 e. The van der Waals surface area contributed by atoms with Gasteiger partial charge in [-0.05, 0) is 74.7 Å². The molecule has 1 amide bonds. The van der Waals surface area contributed by atoms with Crippen molar-refractivity contribution in [1.29, 1.82) is 0 Å². The molecule has 31 heavy (non-hydrogen) atoms. The molecule has 2 aromatic carbocycles. The average molecular weight is 421 g/mol. The molecule has 5 nitrogen and oxygen atoms in total. The SMILES string of the molecule is CCc1ccc2oc(C(=O)NCC(c3ccc(OC)cc3)N3CCCCC3)c(C)c2c1. The summed E-state index contributed by atoms with van der Waals surface area (Å²) in [7, 11) is 1.68. The molecule has 1 aliphatic heterocycles. The molecule has 5 heteroatoms. The van der Waals surface area contributed by atoms with E-state index in [-0.39, 0.29) is 11.9 Å². The van der Waals surface area contributed by atoms with Crippen molar-refractivity contribution in [2.24, 2.45) is 0 Å². The van der Waals surface area contributed by atoms with Crippen LogP contribution in [0.5, 0.6) is 5.75 Å². The lowest BCUT2D eigenvalue weighted by Crippen LogP contribution is -2.40. The van der Waals surface area contributed by atoms with Crippen molar-refractivity contribution in [2.45, 2.75) is 45.6 Å². The summed E-state index contributed by atoms with van der Waals surface area (Å²) >= 11 is 0. The molecule has 0 bridgehead atoms. The van der Waals surface area contributed by atoms with Crippen molar-refractivity contribution < 1.29 is 13.9 Å². The third-order valence-electron chi connectivity index (χ3n) is 6.40. The van der Waals surface area contributed by atoms with E-state index in [2.05, 4.69) is 41.4 Å². The molecule has 1 aromatic heterocycles. The molecule has 0 spiro atoms. The highest BCUT2D eigenvalue weighted by atomic mass is 16.5. The molecule has 1 fully saturated rings. The summed E-state index contributed by atoms with van der Waals surface area (Å²) in [5.74, 6) is 1.10. The Morgan fingerprint density at radius 2 is 1.87 bits per heavy atom. The Morgan fingerprint density at radius 1 is 1.13 bits per heavy atom. The van der Waals surface area contributed by atoms with Crippen LogP contribution >= 0.6 is 0 Å². The van der Waals surface area contributed by atoms with E-state index in [1.807, 2.05) is 25.1 Å². The lowest BCUT2D eigenvalue weighted by atomic mass is 10.0. The number of ether oxygens (including phenoxy) is 1. The zero-order valence-electron chi connectivity index (χ0n) is 18.7. The number of carbonyl (C=O) groups is 1. The molecule has 1 N–H and O–H groups in total. The Labute approximate surface area is 184 Å². The smallest absolute Gasteiger partial charge is 0.287 e. The molecule has 1 unspecified atom stereocenters. The Bertz CT molecular complexity index is 1030. The van der Waals surface area contributed by atoms with E-state index in [1.54, 1.807) is 7.11 Å². The Hall–Kier alpha value is -2.79. The highest BCUT2D eigenvalue weighted by molar-refractivity contribution is 5.99. The van der Waals surface area contributed by atoms with Gasteiger partial charge in [-0.2, -0.15) is 0 Å². The number of fused-ring (bicyclic) bond motifs is 1. The molecule has 4 rings (SSSR count). The first-order valence-electron chi connectivity index (χ1n) is 11.3. The first kappa shape index (κ1) is 21.4. The fraction of sp³-hybridized carbons (Fsp3) is 0.423. The topological polar surface area (TPSA) is 54.7 Å². The van der Waals surface area contributed by atoms with E-state index in [0.717, 1.165) is 41.8 Å². The van der Waals surface area contributed by atoms with Crippen LogP contribution in [-0.2, 0) is 6.42 Å². The Balaban J connectivity index is 1.54. The average Bonchev–Trinajstić information content (AvgIpc) is 3.16. The molecule has 3 aromatic rings. The van der Waals surface area contributed by atoms with Gasteiger partial charge in [0.2, 0.25) is 0 Å². The van der Waals surface area contributed by atoms with Crippen LogP contribution in [0, 0.1) is 6.92 Å². The number of hydrogen-bond donors (Lipinski definition) is 1. The van der Waals surface area contributed by atoms with Crippen molar-refractivity contribution in [2.75, 3.05) is 26.7 Å². The van der Waals surface area contributed by atoms with Gasteiger partial charge in [0, 0.05) is 17.5 Å². The van der Waals surface area contributed by atoms with Crippen molar-refractivity contribution in [3.63, 3.8) is 0 Å². The van der Waals surface area contributed by atoms with Crippen molar-refractivity contribution in [3.8, 4) is 5.75 Å². The van der Waals surface area contributed by atoms with E-state index in [1.165, 1.54) is 30.4 Å². The Kier molecular flexibility index (Phi) is 6.62. The number of amides is 1. The fourth-order valence-electron chi connectivity index (χ4n) is 4.49. The highest BCUT2D eigenvalue weighted by Gasteiger charge is 2.25. The second kappa shape index (κ2) is 9.56. The summed E-state index contributed by atoms with van der Waals surface area (Å²) in [5, 5.41) is 4.17. The van der Waals surface area contributed by atoms with Gasteiger partial charge in [-0.3, -0.25) is 9.69 Å². The zero-order valence-corrected chi connectivity index (χ0v) is 18.7. The number of benzene rings is 2. The number of aryl methyl sites for hydroxylation is 2. The quantitative estimate of drug-likeness (QED) is 0.566. The van der Waals surface area contributed by atoms with E-state index in [4.69, 9.17) is 9.15 Å². The van der Waals surface area contributed by atoms with Crippen LogP contribution < -0.4 is 10.1 Å². The molecule has 0 aliphatic carbocycles. The summed E-state index contributed by atoms with van der Waals surface area (Å²) in [6.07, 6.45) is 4.63. The van der Waals surface area contributed by atoms with Crippen LogP contribution in [0.2, 0.25) is 0 Å². The lowest BCUT2D eigenvalue weighted by Gasteiger charge is -2.35. The van der Waals surface area contributed by atoms with Crippen LogP contribution in [0.15, 0.2) is 46.9 Å². The van der Waals surface area contributed by atoms with Gasteiger partial charge < -0.3 is 14.5 Å². The number of likely N-dealkylation sites (tertiary alicyclic amines) is 1.